The monoisotopic (exact) mass is 377 g/mol. The lowest BCUT2D eigenvalue weighted by atomic mass is 9.96. The zero-order valence-corrected chi connectivity index (χ0v) is 16.0. The van der Waals surface area contributed by atoms with Crippen LogP contribution in [0.4, 0.5) is 0 Å². The summed E-state index contributed by atoms with van der Waals surface area (Å²) in [6, 6.07) is 5.57. The van der Waals surface area contributed by atoms with Crippen molar-refractivity contribution < 1.29 is 4.79 Å². The molecule has 3 aromatic rings. The van der Waals surface area contributed by atoms with Crippen LogP contribution in [-0.4, -0.2) is 42.7 Å². The van der Waals surface area contributed by atoms with Crippen LogP contribution < -0.4 is 5.32 Å². The van der Waals surface area contributed by atoms with Crippen LogP contribution in [-0.2, 0) is 11.2 Å². The number of amides is 1. The van der Waals surface area contributed by atoms with E-state index >= 15 is 0 Å². The first-order chi connectivity index (χ1) is 13.6. The van der Waals surface area contributed by atoms with Crippen molar-refractivity contribution in [3.8, 4) is 5.95 Å². The van der Waals surface area contributed by atoms with Crippen molar-refractivity contribution in [1.29, 1.82) is 5.41 Å². The molecule has 0 aliphatic carbocycles. The predicted octanol–water partition coefficient (Wildman–Crippen LogP) is 2.12. The highest BCUT2D eigenvalue weighted by atomic mass is 16.1. The second kappa shape index (κ2) is 8.98. The third-order valence-corrected chi connectivity index (χ3v) is 4.36. The Labute approximate surface area is 163 Å². The van der Waals surface area contributed by atoms with Gasteiger partial charge in [0.1, 0.15) is 6.33 Å². The number of imidazole rings is 1. The van der Waals surface area contributed by atoms with Gasteiger partial charge in [-0.3, -0.25) is 14.3 Å². The average molecular weight is 377 g/mol. The molecule has 3 heterocycles. The summed E-state index contributed by atoms with van der Waals surface area (Å²) in [5, 5.41) is 11.5. The molecule has 0 saturated heterocycles. The third-order valence-electron chi connectivity index (χ3n) is 4.36. The number of carbonyl (C=O) groups excluding carboxylic acids is 1. The normalized spacial score (nSPS) is 11.8. The maximum Gasteiger partial charge on any atom is 0.235 e. The van der Waals surface area contributed by atoms with E-state index in [-0.39, 0.29) is 11.6 Å². The average Bonchev–Trinajstić information content (AvgIpc) is 3.24. The standard InChI is InChI=1S/C20H23N7O/c1-3-16(19(28)24-8-6-15-5-4-7-22-12-15)18(21)17-11-14(2)25-20(26-17)27-10-9-23-13-27/h4-5,7,9-13,16,21H,3,6,8H2,1-2H3,(H,24,28). The number of rotatable bonds is 8. The lowest BCUT2D eigenvalue weighted by Crippen LogP contribution is -2.36. The number of pyridine rings is 1. The summed E-state index contributed by atoms with van der Waals surface area (Å²) in [7, 11) is 0. The van der Waals surface area contributed by atoms with Crippen LogP contribution in [0.25, 0.3) is 5.95 Å². The van der Waals surface area contributed by atoms with Gasteiger partial charge in [-0.25, -0.2) is 15.0 Å². The summed E-state index contributed by atoms with van der Waals surface area (Å²) in [4.78, 5) is 29.6. The third kappa shape index (κ3) is 4.64. The van der Waals surface area contributed by atoms with Crippen molar-refractivity contribution in [2.75, 3.05) is 6.54 Å². The van der Waals surface area contributed by atoms with Crippen LogP contribution in [0.15, 0.2) is 49.3 Å². The molecule has 144 valence electrons. The van der Waals surface area contributed by atoms with Gasteiger partial charge in [-0.15, -0.1) is 0 Å². The summed E-state index contributed by atoms with van der Waals surface area (Å²) < 4.78 is 1.68. The fourth-order valence-corrected chi connectivity index (χ4v) is 2.88. The molecule has 1 amide bonds. The second-order valence-electron chi connectivity index (χ2n) is 6.44. The lowest BCUT2D eigenvalue weighted by molar-refractivity contribution is -0.123. The molecule has 2 N–H and O–H groups in total. The molecule has 0 aliphatic rings. The van der Waals surface area contributed by atoms with E-state index in [1.54, 1.807) is 41.7 Å². The highest BCUT2D eigenvalue weighted by Gasteiger charge is 2.24. The Morgan fingerprint density at radius 2 is 2.14 bits per heavy atom. The molecule has 3 rings (SSSR count). The van der Waals surface area contributed by atoms with E-state index in [1.165, 1.54) is 0 Å². The van der Waals surface area contributed by atoms with E-state index in [0.29, 0.717) is 31.0 Å². The molecule has 1 atom stereocenters. The highest BCUT2D eigenvalue weighted by molar-refractivity contribution is 6.10. The van der Waals surface area contributed by atoms with Crippen LogP contribution >= 0.6 is 0 Å². The molecule has 1 unspecified atom stereocenters. The molecule has 0 fully saturated rings. The molecule has 8 nitrogen and oxygen atoms in total. The number of carbonyl (C=O) groups is 1. The molecule has 0 spiro atoms. The molecular weight excluding hydrogens is 354 g/mol. The van der Waals surface area contributed by atoms with Gasteiger partial charge in [-0.2, -0.15) is 0 Å². The van der Waals surface area contributed by atoms with Crippen molar-refractivity contribution in [1.82, 2.24) is 29.8 Å². The van der Waals surface area contributed by atoms with E-state index in [4.69, 9.17) is 5.41 Å². The summed E-state index contributed by atoms with van der Waals surface area (Å²) in [6.45, 7) is 4.23. The number of nitrogens with zero attached hydrogens (tertiary/aromatic N) is 5. The van der Waals surface area contributed by atoms with Gasteiger partial charge in [-0.05, 0) is 37.5 Å². The van der Waals surface area contributed by atoms with Crippen LogP contribution in [0.2, 0.25) is 0 Å². The van der Waals surface area contributed by atoms with Crippen molar-refractivity contribution >= 4 is 11.6 Å². The minimum Gasteiger partial charge on any atom is -0.355 e. The van der Waals surface area contributed by atoms with E-state index in [0.717, 1.165) is 11.3 Å². The van der Waals surface area contributed by atoms with Crippen molar-refractivity contribution in [2.45, 2.75) is 26.7 Å². The predicted molar refractivity (Wildman–Crippen MR) is 105 cm³/mol. The molecular formula is C20H23N7O. The Hall–Kier alpha value is -3.42. The number of aryl methyl sites for hydroxylation is 1. The van der Waals surface area contributed by atoms with Gasteiger partial charge in [0.2, 0.25) is 11.9 Å². The Balaban J connectivity index is 1.69. The molecule has 0 saturated carbocycles. The van der Waals surface area contributed by atoms with Crippen molar-refractivity contribution in [3.63, 3.8) is 0 Å². The summed E-state index contributed by atoms with van der Waals surface area (Å²) in [6.07, 6.45) is 9.70. The van der Waals surface area contributed by atoms with E-state index in [1.807, 2.05) is 26.0 Å². The van der Waals surface area contributed by atoms with Crippen molar-refractivity contribution in [2.24, 2.45) is 5.92 Å². The molecule has 0 radical (unpaired) electrons. The van der Waals surface area contributed by atoms with Crippen molar-refractivity contribution in [3.05, 3.63) is 66.3 Å². The maximum absolute atomic E-state index is 12.7. The Morgan fingerprint density at radius 3 is 2.82 bits per heavy atom. The summed E-state index contributed by atoms with van der Waals surface area (Å²) in [5.74, 6) is -0.306. The number of nitrogens with one attached hydrogen (secondary N) is 2. The maximum atomic E-state index is 12.7. The van der Waals surface area contributed by atoms with Crippen LogP contribution in [0.5, 0.6) is 0 Å². The molecule has 0 bridgehead atoms. The smallest absolute Gasteiger partial charge is 0.235 e. The van der Waals surface area contributed by atoms with Gasteiger partial charge >= 0.3 is 0 Å². The molecule has 8 heteroatoms. The minimum atomic E-state index is -0.571. The van der Waals surface area contributed by atoms with Gasteiger partial charge in [0.05, 0.1) is 17.3 Å². The lowest BCUT2D eigenvalue weighted by Gasteiger charge is -2.17. The fourth-order valence-electron chi connectivity index (χ4n) is 2.88. The second-order valence-corrected chi connectivity index (χ2v) is 6.44. The minimum absolute atomic E-state index is 0.170. The SMILES string of the molecule is CCC(C(=N)c1cc(C)nc(-n2ccnc2)n1)C(=O)NCCc1cccnc1. The number of hydrogen-bond acceptors (Lipinski definition) is 6. The highest BCUT2D eigenvalue weighted by Crippen LogP contribution is 2.14. The van der Waals surface area contributed by atoms with E-state index in [2.05, 4.69) is 25.3 Å². The molecule has 28 heavy (non-hydrogen) atoms. The van der Waals surface area contributed by atoms with Gasteiger partial charge < -0.3 is 10.7 Å². The Bertz CT molecular complexity index is 938. The zero-order valence-electron chi connectivity index (χ0n) is 16.0. The summed E-state index contributed by atoms with van der Waals surface area (Å²) in [5.41, 5.74) is 2.42. The largest absolute Gasteiger partial charge is 0.355 e. The van der Waals surface area contributed by atoms with Gasteiger partial charge in [0.25, 0.3) is 0 Å². The van der Waals surface area contributed by atoms with Crippen LogP contribution in [0.1, 0.15) is 30.3 Å². The molecule has 0 aliphatic heterocycles. The topological polar surface area (TPSA) is 109 Å². The zero-order chi connectivity index (χ0) is 19.9. The van der Waals surface area contributed by atoms with E-state index < -0.39 is 5.92 Å². The first kappa shape index (κ1) is 19.3. The quantitative estimate of drug-likeness (QED) is 0.584. The number of aromatic nitrogens is 5. The Morgan fingerprint density at radius 1 is 1.29 bits per heavy atom. The molecule has 3 aromatic heterocycles. The number of hydrogen-bond donors (Lipinski definition) is 2. The Kier molecular flexibility index (Phi) is 6.21. The van der Waals surface area contributed by atoms with Crippen LogP contribution in [0.3, 0.4) is 0 Å². The fraction of sp³-hybridized carbons (Fsp3) is 0.300. The molecule has 0 aromatic carbocycles. The first-order valence-electron chi connectivity index (χ1n) is 9.18. The van der Waals surface area contributed by atoms with Crippen LogP contribution in [0, 0.1) is 18.3 Å². The first-order valence-corrected chi connectivity index (χ1v) is 9.18. The summed E-state index contributed by atoms with van der Waals surface area (Å²) >= 11 is 0. The van der Waals surface area contributed by atoms with Gasteiger partial charge in [0, 0.05) is 37.0 Å². The van der Waals surface area contributed by atoms with Gasteiger partial charge in [0.15, 0.2) is 0 Å². The van der Waals surface area contributed by atoms with E-state index in [9.17, 15) is 4.79 Å². The van der Waals surface area contributed by atoms with Gasteiger partial charge in [-0.1, -0.05) is 13.0 Å².